The molecule has 0 saturated carbocycles. The van der Waals surface area contributed by atoms with Crippen LogP contribution >= 0.6 is 0 Å². The molecule has 0 radical (unpaired) electrons. The Balaban J connectivity index is 2.06. The van der Waals surface area contributed by atoms with Crippen molar-refractivity contribution in [3.8, 4) is 5.75 Å². The molecule has 0 aliphatic heterocycles. The highest BCUT2D eigenvalue weighted by atomic mass is 32.2. The molecular formula is C17H19FN2O4S. The van der Waals surface area contributed by atoms with E-state index in [2.05, 4.69) is 10.6 Å². The minimum Gasteiger partial charge on any atom is -0.492 e. The van der Waals surface area contributed by atoms with E-state index < -0.39 is 21.6 Å². The average Bonchev–Trinajstić information content (AvgIpc) is 2.55. The molecule has 0 atom stereocenters. The van der Waals surface area contributed by atoms with Gasteiger partial charge in [0.2, 0.25) is 5.91 Å². The Bertz CT molecular complexity index is 869. The minimum atomic E-state index is -3.46. The highest BCUT2D eigenvalue weighted by Crippen LogP contribution is 2.24. The number of hydrogen-bond donors (Lipinski definition) is 2. The van der Waals surface area contributed by atoms with Crippen LogP contribution in [-0.2, 0) is 14.6 Å². The number of sulfone groups is 1. The molecule has 0 bridgehead atoms. The minimum absolute atomic E-state index is 0.0292. The second-order valence-corrected chi connectivity index (χ2v) is 7.26. The summed E-state index contributed by atoms with van der Waals surface area (Å²) in [6.45, 7) is 2.05. The number of para-hydroxylation sites is 2. The summed E-state index contributed by atoms with van der Waals surface area (Å²) in [5, 5.41) is 5.27. The van der Waals surface area contributed by atoms with Gasteiger partial charge in [0.25, 0.3) is 0 Å². The topological polar surface area (TPSA) is 84.5 Å². The summed E-state index contributed by atoms with van der Waals surface area (Å²) >= 11 is 0. The van der Waals surface area contributed by atoms with E-state index in [0.29, 0.717) is 18.0 Å². The van der Waals surface area contributed by atoms with Crippen LogP contribution in [0.3, 0.4) is 0 Å². The number of anilines is 2. The number of carbonyl (C=O) groups is 1. The molecule has 0 spiro atoms. The Morgan fingerprint density at radius 3 is 2.56 bits per heavy atom. The van der Waals surface area contributed by atoms with Crippen molar-refractivity contribution >= 4 is 27.1 Å². The number of amides is 1. The lowest BCUT2D eigenvalue weighted by Crippen LogP contribution is -2.22. The molecule has 2 N–H and O–H groups in total. The van der Waals surface area contributed by atoms with Crippen LogP contribution in [-0.4, -0.2) is 33.7 Å². The Morgan fingerprint density at radius 2 is 1.88 bits per heavy atom. The van der Waals surface area contributed by atoms with Crippen LogP contribution in [0.15, 0.2) is 47.4 Å². The molecule has 8 heteroatoms. The van der Waals surface area contributed by atoms with Crippen molar-refractivity contribution in [2.45, 2.75) is 11.8 Å². The van der Waals surface area contributed by atoms with Gasteiger partial charge in [0.05, 0.1) is 29.4 Å². The van der Waals surface area contributed by atoms with Crippen LogP contribution in [0.5, 0.6) is 5.75 Å². The fourth-order valence-corrected chi connectivity index (χ4v) is 2.74. The Labute approximate surface area is 145 Å². The van der Waals surface area contributed by atoms with E-state index in [9.17, 15) is 17.6 Å². The normalized spacial score (nSPS) is 11.0. The number of ether oxygens (including phenoxy) is 1. The maximum Gasteiger partial charge on any atom is 0.243 e. The molecule has 0 unspecified atom stereocenters. The molecule has 0 aliphatic carbocycles. The van der Waals surface area contributed by atoms with Gasteiger partial charge in [0.15, 0.2) is 9.84 Å². The molecule has 1 amide bonds. The molecule has 6 nitrogen and oxygen atoms in total. The predicted molar refractivity (Wildman–Crippen MR) is 94.2 cm³/mol. The van der Waals surface area contributed by atoms with E-state index in [1.807, 2.05) is 6.92 Å². The van der Waals surface area contributed by atoms with Gasteiger partial charge in [-0.3, -0.25) is 4.79 Å². The zero-order valence-corrected chi connectivity index (χ0v) is 14.7. The van der Waals surface area contributed by atoms with Crippen molar-refractivity contribution in [1.29, 1.82) is 0 Å². The molecule has 2 aromatic rings. The molecule has 25 heavy (non-hydrogen) atoms. The smallest absolute Gasteiger partial charge is 0.243 e. The van der Waals surface area contributed by atoms with Gasteiger partial charge in [-0.1, -0.05) is 12.1 Å². The van der Waals surface area contributed by atoms with Crippen LogP contribution in [0.2, 0.25) is 0 Å². The summed E-state index contributed by atoms with van der Waals surface area (Å²) in [7, 11) is -3.46. The first-order chi connectivity index (χ1) is 11.8. The second-order valence-electron chi connectivity index (χ2n) is 5.24. The van der Waals surface area contributed by atoms with Gasteiger partial charge in [-0.2, -0.15) is 0 Å². The molecule has 134 valence electrons. The molecule has 0 saturated heterocycles. The largest absolute Gasteiger partial charge is 0.492 e. The van der Waals surface area contributed by atoms with Crippen LogP contribution < -0.4 is 15.4 Å². The summed E-state index contributed by atoms with van der Waals surface area (Å²) in [6, 6.07) is 10.3. The van der Waals surface area contributed by atoms with Gasteiger partial charge < -0.3 is 15.4 Å². The summed E-state index contributed by atoms with van der Waals surface area (Å²) in [5.41, 5.74) is 0.442. The zero-order chi connectivity index (χ0) is 18.4. The number of hydrogen-bond acceptors (Lipinski definition) is 5. The number of benzene rings is 2. The van der Waals surface area contributed by atoms with Gasteiger partial charge in [-0.25, -0.2) is 12.8 Å². The molecule has 0 heterocycles. The van der Waals surface area contributed by atoms with E-state index in [4.69, 9.17) is 4.74 Å². The highest BCUT2D eigenvalue weighted by Gasteiger charge is 2.12. The third-order valence-electron chi connectivity index (χ3n) is 3.27. The van der Waals surface area contributed by atoms with Gasteiger partial charge in [0.1, 0.15) is 11.6 Å². The van der Waals surface area contributed by atoms with Crippen LogP contribution in [0.25, 0.3) is 0 Å². The Kier molecular flexibility index (Phi) is 5.97. The lowest BCUT2D eigenvalue weighted by Gasteiger charge is -2.12. The maximum absolute atomic E-state index is 13.8. The Morgan fingerprint density at radius 1 is 1.16 bits per heavy atom. The fourth-order valence-electron chi connectivity index (χ4n) is 2.09. The quantitative estimate of drug-likeness (QED) is 0.736. The molecular weight excluding hydrogens is 347 g/mol. The molecule has 2 aromatic carbocycles. The first-order valence-electron chi connectivity index (χ1n) is 7.56. The van der Waals surface area contributed by atoms with Gasteiger partial charge in [-0.05, 0) is 37.3 Å². The van der Waals surface area contributed by atoms with Crippen molar-refractivity contribution < 1.29 is 22.3 Å². The summed E-state index contributed by atoms with van der Waals surface area (Å²) in [4.78, 5) is 12.0. The monoisotopic (exact) mass is 366 g/mol. The standard InChI is InChI=1S/C17H19FN2O4S/c1-3-24-16-7-5-4-6-14(16)20-17(21)11-19-15-10-12(25(2,22)23)8-9-13(15)18/h4-10,19H,3,11H2,1-2H3,(H,20,21). The van der Waals surface area contributed by atoms with E-state index >= 15 is 0 Å². The molecule has 0 fully saturated rings. The lowest BCUT2D eigenvalue weighted by atomic mass is 10.3. The number of nitrogens with one attached hydrogen (secondary N) is 2. The number of rotatable bonds is 7. The van der Waals surface area contributed by atoms with Crippen LogP contribution in [0.4, 0.5) is 15.8 Å². The zero-order valence-electron chi connectivity index (χ0n) is 13.9. The third kappa shape index (κ3) is 5.18. The Hall–Kier alpha value is -2.61. The SMILES string of the molecule is CCOc1ccccc1NC(=O)CNc1cc(S(C)(=O)=O)ccc1F. The molecule has 0 aliphatic rings. The number of halogens is 1. The van der Waals surface area contributed by atoms with Crippen molar-refractivity contribution in [3.05, 3.63) is 48.3 Å². The molecule has 2 rings (SSSR count). The third-order valence-corrected chi connectivity index (χ3v) is 4.38. The summed E-state index contributed by atoms with van der Waals surface area (Å²) in [6.07, 6.45) is 1.03. The first kappa shape index (κ1) is 18.7. The van der Waals surface area contributed by atoms with Gasteiger partial charge in [-0.15, -0.1) is 0 Å². The predicted octanol–water partition coefficient (Wildman–Crippen LogP) is 2.68. The van der Waals surface area contributed by atoms with E-state index in [0.717, 1.165) is 18.4 Å². The molecule has 0 aromatic heterocycles. The number of carbonyl (C=O) groups excluding carboxylic acids is 1. The van der Waals surface area contributed by atoms with Gasteiger partial charge in [0, 0.05) is 6.26 Å². The van der Waals surface area contributed by atoms with Crippen LogP contribution in [0, 0.1) is 5.82 Å². The first-order valence-corrected chi connectivity index (χ1v) is 9.45. The van der Waals surface area contributed by atoms with Crippen molar-refractivity contribution in [2.24, 2.45) is 0 Å². The lowest BCUT2D eigenvalue weighted by molar-refractivity contribution is -0.114. The summed E-state index contributed by atoms with van der Waals surface area (Å²) in [5.74, 6) is -0.533. The van der Waals surface area contributed by atoms with Gasteiger partial charge >= 0.3 is 0 Å². The highest BCUT2D eigenvalue weighted by molar-refractivity contribution is 7.90. The van der Waals surface area contributed by atoms with Crippen molar-refractivity contribution in [2.75, 3.05) is 30.0 Å². The van der Waals surface area contributed by atoms with E-state index in [1.165, 1.54) is 6.07 Å². The van der Waals surface area contributed by atoms with Crippen molar-refractivity contribution in [1.82, 2.24) is 0 Å². The van der Waals surface area contributed by atoms with E-state index in [-0.39, 0.29) is 17.1 Å². The van der Waals surface area contributed by atoms with Crippen LogP contribution in [0.1, 0.15) is 6.92 Å². The van der Waals surface area contributed by atoms with E-state index in [1.54, 1.807) is 24.3 Å². The maximum atomic E-state index is 13.8. The fraction of sp³-hybridized carbons (Fsp3) is 0.235. The second kappa shape index (κ2) is 7.98. The average molecular weight is 366 g/mol. The summed E-state index contributed by atoms with van der Waals surface area (Å²) < 4.78 is 42.3. The van der Waals surface area contributed by atoms with Crippen molar-refractivity contribution in [3.63, 3.8) is 0 Å².